The summed E-state index contributed by atoms with van der Waals surface area (Å²) in [6.07, 6.45) is 0.794. The van der Waals surface area contributed by atoms with Crippen molar-refractivity contribution in [1.82, 2.24) is 4.90 Å². The summed E-state index contributed by atoms with van der Waals surface area (Å²) in [5.41, 5.74) is 5.16. The van der Waals surface area contributed by atoms with E-state index >= 15 is 0 Å². The zero-order chi connectivity index (χ0) is 8.27. The third-order valence-corrected chi connectivity index (χ3v) is 1.90. The van der Waals surface area contributed by atoms with Crippen LogP contribution in [0.4, 0.5) is 0 Å². The Hall–Kier alpha value is -1.08. The normalized spacial score (nSPS) is 23.3. The first-order valence-corrected chi connectivity index (χ1v) is 3.65. The number of carbonyl (C=O) groups excluding carboxylic acids is 1. The molecule has 1 aliphatic rings. The Morgan fingerprint density at radius 1 is 1.82 bits per heavy atom. The largest absolute Gasteiger partial charge is 0.340 e. The van der Waals surface area contributed by atoms with Crippen LogP contribution in [0.25, 0.3) is 0 Å². The molecule has 0 bridgehead atoms. The van der Waals surface area contributed by atoms with Crippen molar-refractivity contribution in [3.05, 3.63) is 0 Å². The van der Waals surface area contributed by atoms with Gasteiger partial charge in [-0.25, -0.2) is 0 Å². The monoisotopic (exact) mass is 153 g/mol. The quantitative estimate of drug-likeness (QED) is 0.542. The Bertz CT molecular complexity index is 196. The molecule has 0 saturated carbocycles. The van der Waals surface area contributed by atoms with Gasteiger partial charge in [-0.05, 0) is 6.42 Å². The molecule has 1 saturated heterocycles. The van der Waals surface area contributed by atoms with E-state index < -0.39 is 0 Å². The van der Waals surface area contributed by atoms with Gasteiger partial charge in [-0.15, -0.1) is 0 Å². The maximum absolute atomic E-state index is 11.0. The van der Waals surface area contributed by atoms with Crippen molar-refractivity contribution in [2.24, 2.45) is 11.7 Å². The SMILES string of the molecule is N#CC1CCN(C(=O)CN)C1. The topological polar surface area (TPSA) is 70.1 Å². The molecule has 0 aliphatic carbocycles. The number of nitrogens with two attached hydrogens (primary N) is 1. The van der Waals surface area contributed by atoms with Gasteiger partial charge in [0.15, 0.2) is 0 Å². The maximum atomic E-state index is 11.0. The number of hydrogen-bond acceptors (Lipinski definition) is 3. The molecule has 1 amide bonds. The fraction of sp³-hybridized carbons (Fsp3) is 0.714. The first-order valence-electron chi connectivity index (χ1n) is 3.65. The Labute approximate surface area is 65.6 Å². The van der Waals surface area contributed by atoms with Gasteiger partial charge in [0.2, 0.25) is 5.91 Å². The van der Waals surface area contributed by atoms with Gasteiger partial charge >= 0.3 is 0 Å². The smallest absolute Gasteiger partial charge is 0.236 e. The molecule has 4 nitrogen and oxygen atoms in total. The third-order valence-electron chi connectivity index (χ3n) is 1.90. The standard InChI is InChI=1S/C7H11N3O/c8-3-6-1-2-10(5-6)7(11)4-9/h6H,1-2,4-5,9H2. The van der Waals surface area contributed by atoms with E-state index in [0.29, 0.717) is 13.1 Å². The van der Waals surface area contributed by atoms with Gasteiger partial charge in [-0.1, -0.05) is 0 Å². The van der Waals surface area contributed by atoms with Crippen molar-refractivity contribution in [1.29, 1.82) is 5.26 Å². The molecule has 1 heterocycles. The van der Waals surface area contributed by atoms with E-state index in [1.54, 1.807) is 4.90 Å². The van der Waals surface area contributed by atoms with Gasteiger partial charge in [0, 0.05) is 13.1 Å². The molecular weight excluding hydrogens is 142 g/mol. The van der Waals surface area contributed by atoms with Crippen LogP contribution < -0.4 is 5.73 Å². The lowest BCUT2D eigenvalue weighted by atomic mass is 10.1. The number of carbonyl (C=O) groups is 1. The van der Waals surface area contributed by atoms with E-state index in [1.165, 1.54) is 0 Å². The predicted octanol–water partition coefficient (Wildman–Crippen LogP) is -0.683. The van der Waals surface area contributed by atoms with Crippen LogP contribution in [0.2, 0.25) is 0 Å². The van der Waals surface area contributed by atoms with Crippen molar-refractivity contribution in [2.45, 2.75) is 6.42 Å². The van der Waals surface area contributed by atoms with Crippen LogP contribution in [-0.4, -0.2) is 30.4 Å². The van der Waals surface area contributed by atoms with E-state index in [9.17, 15) is 4.79 Å². The maximum Gasteiger partial charge on any atom is 0.236 e. The number of amides is 1. The summed E-state index contributed by atoms with van der Waals surface area (Å²) in [6.45, 7) is 1.30. The minimum Gasteiger partial charge on any atom is -0.340 e. The zero-order valence-electron chi connectivity index (χ0n) is 6.29. The highest BCUT2D eigenvalue weighted by Gasteiger charge is 2.24. The predicted molar refractivity (Wildman–Crippen MR) is 39.4 cm³/mol. The average Bonchev–Trinajstić information content (AvgIpc) is 2.50. The number of likely N-dealkylation sites (tertiary alicyclic amines) is 1. The third kappa shape index (κ3) is 1.69. The fourth-order valence-corrected chi connectivity index (χ4v) is 1.22. The summed E-state index contributed by atoms with van der Waals surface area (Å²) in [5, 5.41) is 8.52. The molecule has 60 valence electrons. The van der Waals surface area contributed by atoms with Gasteiger partial charge in [0.25, 0.3) is 0 Å². The van der Waals surface area contributed by atoms with Crippen molar-refractivity contribution in [3.8, 4) is 6.07 Å². The Balaban J connectivity index is 2.43. The molecule has 1 rings (SSSR count). The molecule has 0 aromatic rings. The van der Waals surface area contributed by atoms with Crippen LogP contribution in [0.3, 0.4) is 0 Å². The highest BCUT2D eigenvalue weighted by molar-refractivity contribution is 5.78. The van der Waals surface area contributed by atoms with Gasteiger partial charge in [-0.3, -0.25) is 4.79 Å². The first-order chi connectivity index (χ1) is 5.27. The van der Waals surface area contributed by atoms with E-state index in [2.05, 4.69) is 6.07 Å². The van der Waals surface area contributed by atoms with Crippen LogP contribution in [0.1, 0.15) is 6.42 Å². The van der Waals surface area contributed by atoms with E-state index in [0.717, 1.165) is 6.42 Å². The molecule has 0 spiro atoms. The molecular formula is C7H11N3O. The average molecular weight is 153 g/mol. The lowest BCUT2D eigenvalue weighted by Crippen LogP contribution is -2.33. The molecule has 11 heavy (non-hydrogen) atoms. The van der Waals surface area contributed by atoms with Gasteiger partial charge in [-0.2, -0.15) is 5.26 Å². The molecule has 2 N–H and O–H groups in total. The summed E-state index contributed by atoms with van der Waals surface area (Å²) in [5.74, 6) is -0.0340. The van der Waals surface area contributed by atoms with Gasteiger partial charge in [0.05, 0.1) is 18.5 Å². The number of hydrogen-bond donors (Lipinski definition) is 1. The lowest BCUT2D eigenvalue weighted by molar-refractivity contribution is -0.128. The first kappa shape index (κ1) is 8.02. The summed E-state index contributed by atoms with van der Waals surface area (Å²) < 4.78 is 0. The molecule has 1 atom stereocenters. The Morgan fingerprint density at radius 3 is 3.00 bits per heavy atom. The Morgan fingerprint density at radius 2 is 2.55 bits per heavy atom. The molecule has 0 aromatic heterocycles. The Kier molecular flexibility index (Phi) is 2.44. The molecule has 0 radical (unpaired) electrons. The summed E-state index contributed by atoms with van der Waals surface area (Å²) in [4.78, 5) is 12.6. The number of nitriles is 1. The zero-order valence-corrected chi connectivity index (χ0v) is 6.29. The minimum absolute atomic E-state index is 0.0190. The van der Waals surface area contributed by atoms with Crippen LogP contribution in [0.5, 0.6) is 0 Å². The second-order valence-corrected chi connectivity index (χ2v) is 2.66. The number of nitrogens with zero attached hydrogens (tertiary/aromatic N) is 2. The van der Waals surface area contributed by atoms with Gasteiger partial charge in [0.1, 0.15) is 0 Å². The molecule has 4 heteroatoms. The number of rotatable bonds is 1. The second-order valence-electron chi connectivity index (χ2n) is 2.66. The van der Waals surface area contributed by atoms with E-state index in [1.807, 2.05) is 0 Å². The molecule has 1 fully saturated rings. The van der Waals surface area contributed by atoms with Crippen molar-refractivity contribution < 1.29 is 4.79 Å². The summed E-state index contributed by atoms with van der Waals surface area (Å²) >= 11 is 0. The fourth-order valence-electron chi connectivity index (χ4n) is 1.22. The van der Waals surface area contributed by atoms with Crippen LogP contribution in [0, 0.1) is 17.2 Å². The minimum atomic E-state index is -0.0530. The molecule has 1 aliphatic heterocycles. The lowest BCUT2D eigenvalue weighted by Gasteiger charge is -2.12. The van der Waals surface area contributed by atoms with Crippen LogP contribution in [0.15, 0.2) is 0 Å². The molecule has 1 unspecified atom stereocenters. The summed E-state index contributed by atoms with van der Waals surface area (Å²) in [7, 11) is 0. The van der Waals surface area contributed by atoms with Gasteiger partial charge < -0.3 is 10.6 Å². The van der Waals surface area contributed by atoms with Crippen molar-refractivity contribution >= 4 is 5.91 Å². The van der Waals surface area contributed by atoms with Crippen molar-refractivity contribution in [3.63, 3.8) is 0 Å². The van der Waals surface area contributed by atoms with Crippen LogP contribution >= 0.6 is 0 Å². The van der Waals surface area contributed by atoms with Crippen LogP contribution in [-0.2, 0) is 4.79 Å². The van der Waals surface area contributed by atoms with E-state index in [4.69, 9.17) is 11.0 Å². The highest BCUT2D eigenvalue weighted by Crippen LogP contribution is 2.14. The second kappa shape index (κ2) is 3.35. The van der Waals surface area contributed by atoms with Crippen molar-refractivity contribution in [2.75, 3.05) is 19.6 Å². The highest BCUT2D eigenvalue weighted by atomic mass is 16.2. The van der Waals surface area contributed by atoms with E-state index in [-0.39, 0.29) is 18.4 Å². The molecule has 0 aromatic carbocycles. The summed E-state index contributed by atoms with van der Waals surface area (Å²) in [6, 6.07) is 2.14.